The Bertz CT molecular complexity index is 955. The molecule has 3 rings (SSSR count). The smallest absolute Gasteiger partial charge is 0.255 e. The molecule has 0 aliphatic heterocycles. The second-order valence-electron chi connectivity index (χ2n) is 7.33. The van der Waals surface area contributed by atoms with Crippen molar-refractivity contribution in [1.29, 1.82) is 0 Å². The molecule has 2 aromatic carbocycles. The van der Waals surface area contributed by atoms with E-state index in [0.717, 1.165) is 22.8 Å². The highest BCUT2D eigenvalue weighted by Crippen LogP contribution is 2.22. The molecule has 0 aliphatic rings. The fourth-order valence-electron chi connectivity index (χ4n) is 3.04. The second-order valence-corrected chi connectivity index (χ2v) is 7.33. The summed E-state index contributed by atoms with van der Waals surface area (Å²) in [5.41, 5.74) is 5.49. The summed E-state index contributed by atoms with van der Waals surface area (Å²) in [4.78, 5) is 12.7. The van der Waals surface area contributed by atoms with E-state index in [1.807, 2.05) is 44.5 Å². The van der Waals surface area contributed by atoms with Crippen LogP contribution in [0.3, 0.4) is 0 Å². The molecule has 0 aliphatic carbocycles. The Morgan fingerprint density at radius 1 is 1.04 bits per heavy atom. The Labute approximate surface area is 166 Å². The molecule has 1 amide bonds. The summed E-state index contributed by atoms with van der Waals surface area (Å²) in [6, 6.07) is 15.6. The molecule has 0 unspecified atom stereocenters. The van der Waals surface area contributed by atoms with Crippen LogP contribution in [0.15, 0.2) is 48.5 Å². The van der Waals surface area contributed by atoms with Gasteiger partial charge >= 0.3 is 0 Å². The largest absolute Gasteiger partial charge is 0.491 e. The molecule has 0 saturated carbocycles. The molecule has 146 valence electrons. The summed E-state index contributed by atoms with van der Waals surface area (Å²) >= 11 is 0. The quantitative estimate of drug-likeness (QED) is 0.665. The number of anilines is 1. The minimum Gasteiger partial charge on any atom is -0.491 e. The topological polar surface area (TPSA) is 56.2 Å². The third kappa shape index (κ3) is 4.60. The van der Waals surface area contributed by atoms with Crippen LogP contribution in [0, 0.1) is 20.8 Å². The van der Waals surface area contributed by atoms with Crippen LogP contribution >= 0.6 is 0 Å². The Balaban J connectivity index is 1.74. The van der Waals surface area contributed by atoms with E-state index in [4.69, 9.17) is 4.74 Å². The number of nitrogens with one attached hydrogen (secondary N) is 1. The standard InChI is InChI=1S/C23H27N3O2/c1-15(2)28-21-12-10-20(11-13-21)23(27)24-22-17(4)25-26(18(22)5)14-19-8-6-16(3)7-9-19/h6-13,15H,14H2,1-5H3,(H,24,27). The maximum atomic E-state index is 12.7. The third-order valence-electron chi connectivity index (χ3n) is 4.56. The summed E-state index contributed by atoms with van der Waals surface area (Å²) < 4.78 is 7.55. The predicted molar refractivity (Wildman–Crippen MR) is 112 cm³/mol. The minimum atomic E-state index is -0.155. The first-order valence-corrected chi connectivity index (χ1v) is 9.51. The van der Waals surface area contributed by atoms with Gasteiger partial charge < -0.3 is 10.1 Å². The van der Waals surface area contributed by atoms with Gasteiger partial charge in [0.25, 0.3) is 5.91 Å². The van der Waals surface area contributed by atoms with Gasteiger partial charge in [-0.1, -0.05) is 29.8 Å². The Hall–Kier alpha value is -3.08. The van der Waals surface area contributed by atoms with Gasteiger partial charge in [-0.05, 0) is 64.4 Å². The number of rotatable bonds is 6. The number of ether oxygens (including phenoxy) is 1. The van der Waals surface area contributed by atoms with Gasteiger partial charge in [0.15, 0.2) is 0 Å². The van der Waals surface area contributed by atoms with Gasteiger partial charge in [0.05, 0.1) is 29.7 Å². The molecule has 5 heteroatoms. The van der Waals surface area contributed by atoms with E-state index >= 15 is 0 Å². The number of aromatic nitrogens is 2. The van der Waals surface area contributed by atoms with Gasteiger partial charge in [-0.3, -0.25) is 9.48 Å². The number of carbonyl (C=O) groups excluding carboxylic acids is 1. The van der Waals surface area contributed by atoms with Crippen molar-refractivity contribution in [2.45, 2.75) is 47.3 Å². The summed E-state index contributed by atoms with van der Waals surface area (Å²) in [5.74, 6) is 0.599. The summed E-state index contributed by atoms with van der Waals surface area (Å²) in [5, 5.41) is 7.61. The molecular weight excluding hydrogens is 350 g/mol. The maximum absolute atomic E-state index is 12.7. The van der Waals surface area contributed by atoms with E-state index in [1.165, 1.54) is 11.1 Å². The van der Waals surface area contributed by atoms with Gasteiger partial charge in [0.1, 0.15) is 5.75 Å². The molecule has 1 heterocycles. The Morgan fingerprint density at radius 3 is 2.29 bits per heavy atom. The Morgan fingerprint density at radius 2 is 1.68 bits per heavy atom. The zero-order chi connectivity index (χ0) is 20.3. The minimum absolute atomic E-state index is 0.101. The molecule has 1 N–H and O–H groups in total. The average Bonchev–Trinajstić information content (AvgIpc) is 2.91. The Kier molecular flexibility index (Phi) is 5.83. The number of amides is 1. The number of hydrogen-bond acceptors (Lipinski definition) is 3. The molecule has 0 fully saturated rings. The number of carbonyl (C=O) groups is 1. The van der Waals surface area contributed by atoms with Crippen LogP contribution in [0.4, 0.5) is 5.69 Å². The number of nitrogens with zero attached hydrogens (tertiary/aromatic N) is 2. The first-order valence-electron chi connectivity index (χ1n) is 9.51. The highest BCUT2D eigenvalue weighted by molar-refractivity contribution is 6.04. The zero-order valence-electron chi connectivity index (χ0n) is 17.1. The fraction of sp³-hybridized carbons (Fsp3) is 0.304. The summed E-state index contributed by atoms with van der Waals surface area (Å²) in [6.07, 6.45) is 0.101. The monoisotopic (exact) mass is 377 g/mol. The van der Waals surface area contributed by atoms with Crippen LogP contribution in [0.1, 0.15) is 46.7 Å². The molecule has 0 saturated heterocycles. The van der Waals surface area contributed by atoms with E-state index in [0.29, 0.717) is 12.1 Å². The first kappa shape index (κ1) is 19.7. The summed E-state index contributed by atoms with van der Waals surface area (Å²) in [6.45, 7) is 10.6. The van der Waals surface area contributed by atoms with E-state index in [2.05, 4.69) is 41.6 Å². The van der Waals surface area contributed by atoms with Gasteiger partial charge in [0.2, 0.25) is 0 Å². The van der Waals surface area contributed by atoms with Crippen LogP contribution in [0.5, 0.6) is 5.75 Å². The molecule has 0 atom stereocenters. The van der Waals surface area contributed by atoms with Crippen LogP contribution in [-0.2, 0) is 6.54 Å². The van der Waals surface area contributed by atoms with Crippen molar-refractivity contribution >= 4 is 11.6 Å². The molecule has 28 heavy (non-hydrogen) atoms. The fourth-order valence-corrected chi connectivity index (χ4v) is 3.04. The number of benzene rings is 2. The van der Waals surface area contributed by atoms with Gasteiger partial charge in [-0.15, -0.1) is 0 Å². The van der Waals surface area contributed by atoms with Crippen molar-refractivity contribution in [1.82, 2.24) is 9.78 Å². The summed E-state index contributed by atoms with van der Waals surface area (Å²) in [7, 11) is 0. The highest BCUT2D eigenvalue weighted by atomic mass is 16.5. The molecule has 0 radical (unpaired) electrons. The van der Waals surface area contributed by atoms with E-state index in [-0.39, 0.29) is 12.0 Å². The molecule has 0 spiro atoms. The lowest BCUT2D eigenvalue weighted by Crippen LogP contribution is -2.13. The average molecular weight is 377 g/mol. The van der Waals surface area contributed by atoms with Crippen LogP contribution < -0.4 is 10.1 Å². The number of aryl methyl sites for hydroxylation is 2. The second kappa shape index (κ2) is 8.30. The van der Waals surface area contributed by atoms with Crippen molar-refractivity contribution in [3.8, 4) is 5.75 Å². The molecule has 3 aromatic rings. The lowest BCUT2D eigenvalue weighted by atomic mass is 10.1. The first-order chi connectivity index (χ1) is 13.3. The van der Waals surface area contributed by atoms with Crippen LogP contribution in [-0.4, -0.2) is 21.8 Å². The van der Waals surface area contributed by atoms with Gasteiger partial charge in [-0.25, -0.2) is 0 Å². The molecule has 1 aromatic heterocycles. The normalized spacial score (nSPS) is 10.9. The molecule has 0 bridgehead atoms. The van der Waals surface area contributed by atoms with E-state index in [9.17, 15) is 4.79 Å². The van der Waals surface area contributed by atoms with Gasteiger partial charge in [0, 0.05) is 5.56 Å². The maximum Gasteiger partial charge on any atom is 0.255 e. The van der Waals surface area contributed by atoms with Crippen molar-refractivity contribution in [2.24, 2.45) is 0 Å². The van der Waals surface area contributed by atoms with E-state index < -0.39 is 0 Å². The van der Waals surface area contributed by atoms with Crippen molar-refractivity contribution in [3.05, 3.63) is 76.6 Å². The van der Waals surface area contributed by atoms with Crippen LogP contribution in [0.2, 0.25) is 0 Å². The molecule has 5 nitrogen and oxygen atoms in total. The van der Waals surface area contributed by atoms with Crippen LogP contribution in [0.25, 0.3) is 0 Å². The highest BCUT2D eigenvalue weighted by Gasteiger charge is 2.15. The number of hydrogen-bond donors (Lipinski definition) is 1. The van der Waals surface area contributed by atoms with Crippen molar-refractivity contribution in [3.63, 3.8) is 0 Å². The van der Waals surface area contributed by atoms with Gasteiger partial charge in [-0.2, -0.15) is 5.10 Å². The predicted octanol–water partition coefficient (Wildman–Crippen LogP) is 4.90. The van der Waals surface area contributed by atoms with E-state index in [1.54, 1.807) is 12.1 Å². The third-order valence-corrected chi connectivity index (χ3v) is 4.56. The SMILES string of the molecule is Cc1ccc(Cn2nc(C)c(NC(=O)c3ccc(OC(C)C)cc3)c2C)cc1. The van der Waals surface area contributed by atoms with Crippen molar-refractivity contribution < 1.29 is 9.53 Å². The zero-order valence-corrected chi connectivity index (χ0v) is 17.1. The molecular formula is C23H27N3O2. The lowest BCUT2D eigenvalue weighted by Gasteiger charge is -2.10. The lowest BCUT2D eigenvalue weighted by molar-refractivity contribution is 0.102. The van der Waals surface area contributed by atoms with Crippen molar-refractivity contribution in [2.75, 3.05) is 5.32 Å².